The van der Waals surface area contributed by atoms with Crippen molar-refractivity contribution in [1.29, 1.82) is 0 Å². The topological polar surface area (TPSA) is 133 Å². The van der Waals surface area contributed by atoms with E-state index in [4.69, 9.17) is 10.2 Å². The molecule has 8 heteroatoms. The molecular formula is C8H13NO7. The molecular weight excluding hydrogens is 222 g/mol. The van der Waals surface area contributed by atoms with Gasteiger partial charge in [0, 0.05) is 0 Å². The summed E-state index contributed by atoms with van der Waals surface area (Å²) < 4.78 is 4.45. The molecule has 0 rings (SSSR count). The van der Waals surface area contributed by atoms with Gasteiger partial charge in [0.15, 0.2) is 5.60 Å². The van der Waals surface area contributed by atoms with Gasteiger partial charge in [0.05, 0.1) is 12.8 Å². The molecule has 1 atom stereocenters. The fourth-order valence-electron chi connectivity index (χ4n) is 0.906. The standard InChI is InChI=1S/C8H13NO7/c1-9-4-16-6(12)3-8(15,7(13)14)2-5(10)11/h9,15H,2-4H2,1H3,(H,10,11)(H,13,14). The number of rotatable bonds is 7. The molecule has 0 saturated heterocycles. The van der Waals surface area contributed by atoms with Crippen LogP contribution in [0.1, 0.15) is 12.8 Å². The third-order valence-corrected chi connectivity index (χ3v) is 1.66. The normalized spacial score (nSPS) is 13.9. The monoisotopic (exact) mass is 235 g/mol. The predicted octanol–water partition coefficient (Wildman–Crippen LogP) is -1.61. The van der Waals surface area contributed by atoms with Crippen molar-refractivity contribution in [1.82, 2.24) is 5.32 Å². The van der Waals surface area contributed by atoms with E-state index < -0.39 is 36.4 Å². The summed E-state index contributed by atoms with van der Waals surface area (Å²) in [5, 5.41) is 28.9. The quantitative estimate of drug-likeness (QED) is 0.306. The lowest BCUT2D eigenvalue weighted by Gasteiger charge is -2.19. The van der Waals surface area contributed by atoms with Crippen molar-refractivity contribution in [3.8, 4) is 0 Å². The number of aliphatic hydroxyl groups is 1. The molecule has 0 aromatic heterocycles. The lowest BCUT2D eigenvalue weighted by Crippen LogP contribution is -2.43. The Labute approximate surface area is 90.8 Å². The SMILES string of the molecule is CNCOC(=O)CC(O)(CC(=O)O)C(=O)O. The van der Waals surface area contributed by atoms with E-state index in [1.54, 1.807) is 0 Å². The molecule has 0 aromatic rings. The second-order valence-electron chi connectivity index (χ2n) is 3.10. The molecule has 0 fully saturated rings. The van der Waals surface area contributed by atoms with Crippen molar-refractivity contribution in [2.45, 2.75) is 18.4 Å². The van der Waals surface area contributed by atoms with E-state index in [2.05, 4.69) is 10.1 Å². The third-order valence-electron chi connectivity index (χ3n) is 1.66. The van der Waals surface area contributed by atoms with E-state index in [9.17, 15) is 19.5 Å². The highest BCUT2D eigenvalue weighted by molar-refractivity contribution is 5.88. The minimum atomic E-state index is -2.64. The van der Waals surface area contributed by atoms with Gasteiger partial charge in [-0.05, 0) is 7.05 Å². The van der Waals surface area contributed by atoms with Crippen molar-refractivity contribution in [2.24, 2.45) is 0 Å². The molecule has 0 aliphatic rings. The van der Waals surface area contributed by atoms with Crippen molar-refractivity contribution < 1.29 is 34.4 Å². The third kappa shape index (κ3) is 4.71. The molecule has 0 aliphatic heterocycles. The van der Waals surface area contributed by atoms with Crippen LogP contribution < -0.4 is 5.32 Å². The van der Waals surface area contributed by atoms with Crippen LogP contribution in [0.2, 0.25) is 0 Å². The fraction of sp³-hybridized carbons (Fsp3) is 0.625. The molecule has 0 amide bonds. The first-order valence-electron chi connectivity index (χ1n) is 4.29. The zero-order valence-corrected chi connectivity index (χ0v) is 8.60. The average Bonchev–Trinajstić information content (AvgIpc) is 2.12. The van der Waals surface area contributed by atoms with Crippen LogP contribution in [0.25, 0.3) is 0 Å². The number of esters is 1. The van der Waals surface area contributed by atoms with Gasteiger partial charge < -0.3 is 20.1 Å². The Hall–Kier alpha value is -1.67. The van der Waals surface area contributed by atoms with E-state index in [-0.39, 0.29) is 6.73 Å². The van der Waals surface area contributed by atoms with Crippen LogP contribution in [-0.2, 0) is 19.1 Å². The summed E-state index contributed by atoms with van der Waals surface area (Å²) in [4.78, 5) is 32.0. The van der Waals surface area contributed by atoms with Crippen LogP contribution >= 0.6 is 0 Å². The summed E-state index contributed by atoms with van der Waals surface area (Å²) in [7, 11) is 1.49. The highest BCUT2D eigenvalue weighted by Crippen LogP contribution is 2.16. The molecule has 0 spiro atoms. The Kier molecular flexibility index (Phi) is 5.40. The van der Waals surface area contributed by atoms with Gasteiger partial charge in [-0.3, -0.25) is 14.9 Å². The maximum Gasteiger partial charge on any atom is 0.336 e. The molecule has 0 radical (unpaired) electrons. The molecule has 0 aliphatic carbocycles. The Morgan fingerprint density at radius 1 is 1.25 bits per heavy atom. The molecule has 0 saturated carbocycles. The summed E-state index contributed by atoms with van der Waals surface area (Å²) in [6.45, 7) is -0.151. The van der Waals surface area contributed by atoms with Gasteiger partial charge in [-0.2, -0.15) is 0 Å². The second-order valence-corrected chi connectivity index (χ2v) is 3.10. The van der Waals surface area contributed by atoms with Gasteiger partial charge in [0.2, 0.25) is 0 Å². The van der Waals surface area contributed by atoms with E-state index in [1.165, 1.54) is 7.05 Å². The predicted molar refractivity (Wildman–Crippen MR) is 49.5 cm³/mol. The van der Waals surface area contributed by atoms with Gasteiger partial charge >= 0.3 is 17.9 Å². The fourth-order valence-corrected chi connectivity index (χ4v) is 0.906. The first kappa shape index (κ1) is 14.3. The summed E-state index contributed by atoms with van der Waals surface area (Å²) in [5.74, 6) is -4.30. The Balaban J connectivity index is 4.49. The molecule has 0 aromatic carbocycles. The van der Waals surface area contributed by atoms with Crippen LogP contribution in [0, 0.1) is 0 Å². The zero-order chi connectivity index (χ0) is 12.8. The number of hydrogen-bond donors (Lipinski definition) is 4. The van der Waals surface area contributed by atoms with Gasteiger partial charge in [0.1, 0.15) is 6.73 Å². The number of carbonyl (C=O) groups is 3. The van der Waals surface area contributed by atoms with Crippen LogP contribution in [0.4, 0.5) is 0 Å². The Bertz CT molecular complexity index is 290. The molecule has 1 unspecified atom stereocenters. The van der Waals surface area contributed by atoms with Crippen molar-refractivity contribution >= 4 is 17.9 Å². The van der Waals surface area contributed by atoms with Crippen molar-refractivity contribution in [3.05, 3.63) is 0 Å². The lowest BCUT2D eigenvalue weighted by molar-refractivity contribution is -0.172. The van der Waals surface area contributed by atoms with Gasteiger partial charge in [-0.25, -0.2) is 4.79 Å². The Morgan fingerprint density at radius 2 is 1.81 bits per heavy atom. The van der Waals surface area contributed by atoms with E-state index in [0.29, 0.717) is 0 Å². The molecule has 16 heavy (non-hydrogen) atoms. The minimum Gasteiger partial charge on any atom is -0.481 e. The number of carboxylic acid groups (broad SMARTS) is 2. The van der Waals surface area contributed by atoms with E-state index in [0.717, 1.165) is 0 Å². The van der Waals surface area contributed by atoms with Crippen LogP contribution in [-0.4, -0.2) is 52.6 Å². The average molecular weight is 235 g/mol. The minimum absolute atomic E-state index is 0.151. The zero-order valence-electron chi connectivity index (χ0n) is 8.60. The summed E-state index contributed by atoms with van der Waals surface area (Å²) in [6.07, 6.45) is -1.99. The van der Waals surface area contributed by atoms with Crippen molar-refractivity contribution in [3.63, 3.8) is 0 Å². The maximum absolute atomic E-state index is 11.0. The van der Waals surface area contributed by atoms with Crippen LogP contribution in [0.15, 0.2) is 0 Å². The molecule has 92 valence electrons. The van der Waals surface area contributed by atoms with Crippen molar-refractivity contribution in [2.75, 3.05) is 13.8 Å². The number of aliphatic carboxylic acids is 2. The lowest BCUT2D eigenvalue weighted by atomic mass is 9.96. The molecule has 0 heterocycles. The summed E-state index contributed by atoms with van der Waals surface area (Å²) in [6, 6.07) is 0. The molecule has 4 N–H and O–H groups in total. The van der Waals surface area contributed by atoms with Crippen LogP contribution in [0.3, 0.4) is 0 Å². The largest absolute Gasteiger partial charge is 0.481 e. The Morgan fingerprint density at radius 3 is 2.19 bits per heavy atom. The first-order chi connectivity index (χ1) is 7.31. The number of ether oxygens (including phenoxy) is 1. The van der Waals surface area contributed by atoms with Crippen LogP contribution in [0.5, 0.6) is 0 Å². The first-order valence-corrected chi connectivity index (χ1v) is 4.29. The van der Waals surface area contributed by atoms with E-state index >= 15 is 0 Å². The number of nitrogens with one attached hydrogen (secondary N) is 1. The molecule has 8 nitrogen and oxygen atoms in total. The van der Waals surface area contributed by atoms with E-state index in [1.807, 2.05) is 0 Å². The maximum atomic E-state index is 11.0. The highest BCUT2D eigenvalue weighted by atomic mass is 16.5. The smallest absolute Gasteiger partial charge is 0.336 e. The number of carbonyl (C=O) groups excluding carboxylic acids is 1. The van der Waals surface area contributed by atoms with Gasteiger partial charge in [-0.15, -0.1) is 0 Å². The van der Waals surface area contributed by atoms with Gasteiger partial charge in [-0.1, -0.05) is 0 Å². The molecule has 0 bridgehead atoms. The number of carboxylic acids is 2. The number of hydrogen-bond acceptors (Lipinski definition) is 6. The summed E-state index contributed by atoms with van der Waals surface area (Å²) >= 11 is 0. The summed E-state index contributed by atoms with van der Waals surface area (Å²) in [5.41, 5.74) is -2.64. The van der Waals surface area contributed by atoms with Gasteiger partial charge in [0.25, 0.3) is 0 Å². The highest BCUT2D eigenvalue weighted by Gasteiger charge is 2.41. The second kappa shape index (κ2) is 6.03.